The van der Waals surface area contributed by atoms with Gasteiger partial charge in [0, 0.05) is 31.0 Å². The third kappa shape index (κ3) is 4.01. The molecule has 0 atom stereocenters. The lowest BCUT2D eigenvalue weighted by atomic mass is 10.2. The molecule has 0 saturated heterocycles. The zero-order chi connectivity index (χ0) is 13.5. The molecule has 0 aliphatic rings. The van der Waals surface area contributed by atoms with Crippen LogP contribution in [0.4, 0.5) is 0 Å². The van der Waals surface area contributed by atoms with Gasteiger partial charge in [0.25, 0.3) is 0 Å². The summed E-state index contributed by atoms with van der Waals surface area (Å²) < 4.78 is 12.4. The largest absolute Gasteiger partial charge is 0.352 e. The highest BCUT2D eigenvalue weighted by molar-refractivity contribution is 7.17. The van der Waals surface area contributed by atoms with Crippen molar-refractivity contribution < 1.29 is 9.47 Å². The molecule has 0 saturated carbocycles. The molecule has 104 valence electrons. The average Bonchev–Trinajstić information content (AvgIpc) is 2.83. The van der Waals surface area contributed by atoms with Gasteiger partial charge in [0.1, 0.15) is 0 Å². The van der Waals surface area contributed by atoms with Crippen molar-refractivity contribution in [3.8, 4) is 0 Å². The molecule has 0 spiro atoms. The van der Waals surface area contributed by atoms with E-state index in [-0.39, 0.29) is 6.29 Å². The number of ether oxygens (including phenoxy) is 2. The minimum Gasteiger partial charge on any atom is -0.352 e. The Balaban J connectivity index is 1.88. The number of nitrogens with one attached hydrogen (secondary N) is 1. The number of hydrogen-bond acceptors (Lipinski definition) is 4. The molecule has 0 aliphatic carbocycles. The van der Waals surface area contributed by atoms with Crippen LogP contribution < -0.4 is 5.32 Å². The van der Waals surface area contributed by atoms with E-state index in [1.807, 2.05) is 13.8 Å². The second kappa shape index (κ2) is 7.60. The van der Waals surface area contributed by atoms with Crippen molar-refractivity contribution in [2.24, 2.45) is 0 Å². The number of benzene rings is 1. The van der Waals surface area contributed by atoms with Gasteiger partial charge in [-0.05, 0) is 36.2 Å². The third-order valence-corrected chi connectivity index (χ3v) is 3.91. The molecule has 2 aromatic rings. The van der Waals surface area contributed by atoms with E-state index >= 15 is 0 Å². The van der Waals surface area contributed by atoms with E-state index < -0.39 is 0 Å². The molecule has 0 radical (unpaired) electrons. The van der Waals surface area contributed by atoms with Crippen LogP contribution in [0.1, 0.15) is 19.4 Å². The van der Waals surface area contributed by atoms with Gasteiger partial charge in [-0.3, -0.25) is 0 Å². The van der Waals surface area contributed by atoms with Gasteiger partial charge < -0.3 is 14.8 Å². The third-order valence-electron chi connectivity index (χ3n) is 2.89. The van der Waals surface area contributed by atoms with Crippen molar-refractivity contribution in [3.63, 3.8) is 0 Å². The summed E-state index contributed by atoms with van der Waals surface area (Å²) in [5.41, 5.74) is 1.34. The van der Waals surface area contributed by atoms with Gasteiger partial charge in [-0.2, -0.15) is 0 Å². The first-order valence-electron chi connectivity index (χ1n) is 6.74. The van der Waals surface area contributed by atoms with E-state index in [0.29, 0.717) is 19.8 Å². The van der Waals surface area contributed by atoms with Crippen LogP contribution in [0.3, 0.4) is 0 Å². The zero-order valence-electron chi connectivity index (χ0n) is 11.5. The number of hydrogen-bond donors (Lipinski definition) is 1. The number of thiophene rings is 1. The second-order valence-corrected chi connectivity index (χ2v) is 5.14. The molecule has 0 fully saturated rings. The van der Waals surface area contributed by atoms with Crippen molar-refractivity contribution >= 4 is 21.4 Å². The maximum absolute atomic E-state index is 5.51. The Morgan fingerprint density at radius 2 is 1.89 bits per heavy atom. The highest BCUT2D eigenvalue weighted by Crippen LogP contribution is 2.25. The maximum Gasteiger partial charge on any atom is 0.169 e. The monoisotopic (exact) mass is 279 g/mol. The molecule has 1 heterocycles. The predicted molar refractivity (Wildman–Crippen MR) is 80.6 cm³/mol. The normalized spacial score (nSPS) is 11.5. The fraction of sp³-hybridized carbons (Fsp3) is 0.467. The fourth-order valence-corrected chi connectivity index (χ4v) is 2.99. The molecular weight excluding hydrogens is 258 g/mol. The smallest absolute Gasteiger partial charge is 0.169 e. The molecular formula is C15H21NO2S. The van der Waals surface area contributed by atoms with Crippen molar-refractivity contribution in [2.45, 2.75) is 26.7 Å². The molecule has 0 unspecified atom stereocenters. The van der Waals surface area contributed by atoms with Crippen LogP contribution >= 0.6 is 11.3 Å². The Morgan fingerprint density at radius 1 is 1.16 bits per heavy atom. The van der Waals surface area contributed by atoms with Crippen LogP contribution in [-0.2, 0) is 16.0 Å². The summed E-state index contributed by atoms with van der Waals surface area (Å²) in [5, 5.41) is 6.96. The lowest BCUT2D eigenvalue weighted by Crippen LogP contribution is -2.31. The van der Waals surface area contributed by atoms with Gasteiger partial charge in [-0.25, -0.2) is 0 Å². The van der Waals surface area contributed by atoms with E-state index in [1.54, 1.807) is 11.3 Å². The zero-order valence-corrected chi connectivity index (χ0v) is 12.3. The van der Waals surface area contributed by atoms with Crippen LogP contribution in [0.2, 0.25) is 0 Å². The summed E-state index contributed by atoms with van der Waals surface area (Å²) >= 11 is 1.79. The molecule has 0 amide bonds. The first kappa shape index (κ1) is 14.5. The predicted octanol–water partition coefficient (Wildman–Crippen LogP) is 3.39. The summed E-state index contributed by atoms with van der Waals surface area (Å²) in [7, 11) is 0. The van der Waals surface area contributed by atoms with Crippen LogP contribution in [-0.4, -0.2) is 26.0 Å². The molecule has 3 nitrogen and oxygen atoms in total. The molecule has 19 heavy (non-hydrogen) atoms. The van der Waals surface area contributed by atoms with Crippen molar-refractivity contribution in [2.75, 3.05) is 19.8 Å². The molecule has 0 bridgehead atoms. The van der Waals surface area contributed by atoms with Gasteiger partial charge in [0.2, 0.25) is 0 Å². The minimum atomic E-state index is -0.153. The Kier molecular flexibility index (Phi) is 5.79. The van der Waals surface area contributed by atoms with Gasteiger partial charge in [-0.15, -0.1) is 11.3 Å². The summed E-state index contributed by atoms with van der Waals surface area (Å²) in [6.07, 6.45) is -0.153. The van der Waals surface area contributed by atoms with Crippen LogP contribution in [0, 0.1) is 0 Å². The quantitative estimate of drug-likeness (QED) is 0.751. The first-order chi connectivity index (χ1) is 9.35. The molecule has 1 aromatic heterocycles. The Labute approximate surface area is 118 Å². The summed E-state index contributed by atoms with van der Waals surface area (Å²) in [5.74, 6) is 0. The fourth-order valence-electron chi connectivity index (χ4n) is 2.03. The molecule has 1 aromatic carbocycles. The summed E-state index contributed by atoms with van der Waals surface area (Å²) in [6.45, 7) is 6.88. The topological polar surface area (TPSA) is 30.5 Å². The highest BCUT2D eigenvalue weighted by Gasteiger charge is 2.08. The van der Waals surface area contributed by atoms with E-state index in [2.05, 4.69) is 35.0 Å². The molecule has 4 heteroatoms. The molecule has 1 N–H and O–H groups in total. The lowest BCUT2D eigenvalue weighted by Gasteiger charge is -2.17. The van der Waals surface area contributed by atoms with Crippen molar-refractivity contribution in [3.05, 3.63) is 35.2 Å². The van der Waals surface area contributed by atoms with Crippen LogP contribution in [0.5, 0.6) is 0 Å². The maximum atomic E-state index is 5.51. The first-order valence-corrected chi connectivity index (χ1v) is 7.62. The van der Waals surface area contributed by atoms with Gasteiger partial charge in [-0.1, -0.05) is 18.2 Å². The highest BCUT2D eigenvalue weighted by atomic mass is 32.1. The van der Waals surface area contributed by atoms with Crippen molar-refractivity contribution in [1.82, 2.24) is 5.32 Å². The summed E-state index contributed by atoms with van der Waals surface area (Å²) in [6, 6.07) is 8.50. The average molecular weight is 279 g/mol. The SMILES string of the molecule is CCOC(CNCc1csc2ccccc12)OCC. The van der Waals surface area contributed by atoms with E-state index in [1.165, 1.54) is 15.6 Å². The number of rotatable bonds is 8. The Bertz CT molecular complexity index is 492. The van der Waals surface area contributed by atoms with Crippen LogP contribution in [0.25, 0.3) is 10.1 Å². The van der Waals surface area contributed by atoms with Crippen molar-refractivity contribution in [1.29, 1.82) is 0 Å². The standard InChI is InChI=1S/C15H21NO2S/c1-3-17-15(18-4-2)10-16-9-12-11-19-14-8-6-5-7-13(12)14/h5-8,11,15-16H,3-4,9-10H2,1-2H3. The van der Waals surface area contributed by atoms with E-state index in [9.17, 15) is 0 Å². The number of fused-ring (bicyclic) bond motifs is 1. The Hall–Kier alpha value is -0.940. The summed E-state index contributed by atoms with van der Waals surface area (Å²) in [4.78, 5) is 0. The van der Waals surface area contributed by atoms with Gasteiger partial charge >= 0.3 is 0 Å². The minimum absolute atomic E-state index is 0.153. The van der Waals surface area contributed by atoms with E-state index in [4.69, 9.17) is 9.47 Å². The van der Waals surface area contributed by atoms with Gasteiger partial charge in [0.15, 0.2) is 6.29 Å². The van der Waals surface area contributed by atoms with Crippen LogP contribution in [0.15, 0.2) is 29.6 Å². The second-order valence-electron chi connectivity index (χ2n) is 4.23. The van der Waals surface area contributed by atoms with E-state index in [0.717, 1.165) is 6.54 Å². The lowest BCUT2D eigenvalue weighted by molar-refractivity contribution is -0.133. The molecule has 2 rings (SSSR count). The Morgan fingerprint density at radius 3 is 2.63 bits per heavy atom. The molecule has 0 aliphatic heterocycles. The van der Waals surface area contributed by atoms with Gasteiger partial charge in [0.05, 0.1) is 0 Å².